The first-order chi connectivity index (χ1) is 12.0. The molecule has 0 radical (unpaired) electrons. The molecule has 2 atom stereocenters. The van der Waals surface area contributed by atoms with Crippen LogP contribution >= 0.6 is 34.8 Å². The van der Waals surface area contributed by atoms with Crippen LogP contribution in [0.3, 0.4) is 0 Å². The third-order valence-corrected chi connectivity index (χ3v) is 4.68. The number of halogens is 3. The fourth-order valence-electron chi connectivity index (χ4n) is 2.36. The standard InChI is InChI=1S/C19H22Cl3NO2/c1-13(14-2-5-16(20)6-3-14)25-12-18(24)11-23-9-8-15-4-7-17(21)10-19(15)22/h2-7,10,13,18,23-24H,8-9,11-12H2,1H3/t13-,18-/m1/s1. The van der Waals surface area contributed by atoms with Gasteiger partial charge in [-0.25, -0.2) is 0 Å². The minimum absolute atomic E-state index is 0.0974. The summed E-state index contributed by atoms with van der Waals surface area (Å²) >= 11 is 17.9. The summed E-state index contributed by atoms with van der Waals surface area (Å²) in [7, 11) is 0. The van der Waals surface area contributed by atoms with Crippen molar-refractivity contribution in [3.8, 4) is 0 Å². The van der Waals surface area contributed by atoms with Gasteiger partial charge in [-0.1, -0.05) is 53.0 Å². The fraction of sp³-hybridized carbons (Fsp3) is 0.368. The van der Waals surface area contributed by atoms with Crippen molar-refractivity contribution in [2.75, 3.05) is 19.7 Å². The molecule has 2 aromatic rings. The Kier molecular flexibility index (Phi) is 8.50. The highest BCUT2D eigenvalue weighted by molar-refractivity contribution is 6.35. The van der Waals surface area contributed by atoms with Crippen molar-refractivity contribution in [2.24, 2.45) is 0 Å². The van der Waals surface area contributed by atoms with Gasteiger partial charge >= 0.3 is 0 Å². The van der Waals surface area contributed by atoms with E-state index in [0.29, 0.717) is 28.2 Å². The van der Waals surface area contributed by atoms with E-state index in [9.17, 15) is 5.11 Å². The van der Waals surface area contributed by atoms with E-state index in [1.165, 1.54) is 0 Å². The number of hydrogen-bond donors (Lipinski definition) is 2. The molecule has 0 aliphatic heterocycles. The first-order valence-electron chi connectivity index (χ1n) is 8.15. The van der Waals surface area contributed by atoms with Crippen LogP contribution in [0.5, 0.6) is 0 Å². The van der Waals surface area contributed by atoms with Crippen molar-refractivity contribution in [1.82, 2.24) is 5.32 Å². The average Bonchev–Trinajstić information content (AvgIpc) is 2.58. The molecule has 0 spiro atoms. The fourth-order valence-corrected chi connectivity index (χ4v) is 2.99. The minimum atomic E-state index is -0.574. The second-order valence-corrected chi connectivity index (χ2v) is 7.15. The van der Waals surface area contributed by atoms with Crippen LogP contribution in [0, 0.1) is 0 Å². The van der Waals surface area contributed by atoms with Crippen LogP contribution in [0.1, 0.15) is 24.2 Å². The van der Waals surface area contributed by atoms with Gasteiger partial charge in [0.05, 0.1) is 18.8 Å². The Labute approximate surface area is 163 Å². The summed E-state index contributed by atoms with van der Waals surface area (Å²) in [5.41, 5.74) is 2.06. The number of rotatable bonds is 9. The third-order valence-electron chi connectivity index (χ3n) is 3.84. The van der Waals surface area contributed by atoms with Crippen molar-refractivity contribution in [3.63, 3.8) is 0 Å². The molecule has 0 aromatic heterocycles. The maximum atomic E-state index is 10.0. The predicted octanol–water partition coefficient (Wildman–Crippen LogP) is 4.92. The van der Waals surface area contributed by atoms with Gasteiger partial charge in [0.15, 0.2) is 0 Å². The summed E-state index contributed by atoms with van der Waals surface area (Å²) < 4.78 is 5.71. The van der Waals surface area contributed by atoms with Gasteiger partial charge < -0.3 is 15.2 Å². The van der Waals surface area contributed by atoms with Gasteiger partial charge in [0.1, 0.15) is 0 Å². The van der Waals surface area contributed by atoms with Crippen LogP contribution in [-0.2, 0) is 11.2 Å². The zero-order chi connectivity index (χ0) is 18.2. The predicted molar refractivity (Wildman–Crippen MR) is 105 cm³/mol. The van der Waals surface area contributed by atoms with E-state index >= 15 is 0 Å². The van der Waals surface area contributed by atoms with Gasteiger partial charge in [0.2, 0.25) is 0 Å². The summed E-state index contributed by atoms with van der Waals surface area (Å²) in [6.45, 7) is 3.38. The van der Waals surface area contributed by atoms with E-state index < -0.39 is 6.10 Å². The van der Waals surface area contributed by atoms with Gasteiger partial charge in [0, 0.05) is 21.6 Å². The van der Waals surface area contributed by atoms with E-state index in [2.05, 4.69) is 5.32 Å². The lowest BCUT2D eigenvalue weighted by Crippen LogP contribution is -2.32. The molecule has 0 aliphatic carbocycles. The van der Waals surface area contributed by atoms with Gasteiger partial charge in [-0.3, -0.25) is 0 Å². The second-order valence-electron chi connectivity index (χ2n) is 5.87. The van der Waals surface area contributed by atoms with Gasteiger partial charge in [0.25, 0.3) is 0 Å². The number of benzene rings is 2. The van der Waals surface area contributed by atoms with E-state index in [0.717, 1.165) is 17.5 Å². The van der Waals surface area contributed by atoms with Gasteiger partial charge in [-0.2, -0.15) is 0 Å². The van der Waals surface area contributed by atoms with E-state index in [4.69, 9.17) is 39.5 Å². The number of nitrogens with one attached hydrogen (secondary N) is 1. The average molecular weight is 403 g/mol. The first-order valence-corrected chi connectivity index (χ1v) is 9.29. The highest BCUT2D eigenvalue weighted by atomic mass is 35.5. The van der Waals surface area contributed by atoms with Crippen molar-refractivity contribution in [2.45, 2.75) is 25.6 Å². The van der Waals surface area contributed by atoms with Crippen molar-refractivity contribution in [1.29, 1.82) is 0 Å². The molecule has 25 heavy (non-hydrogen) atoms. The van der Waals surface area contributed by atoms with E-state index in [1.54, 1.807) is 6.07 Å². The summed E-state index contributed by atoms with van der Waals surface area (Å²) in [4.78, 5) is 0. The normalized spacial score (nSPS) is 13.6. The molecular weight excluding hydrogens is 381 g/mol. The smallest absolute Gasteiger partial charge is 0.0897 e. The maximum Gasteiger partial charge on any atom is 0.0897 e. The lowest BCUT2D eigenvalue weighted by Gasteiger charge is -2.17. The van der Waals surface area contributed by atoms with Crippen molar-refractivity contribution >= 4 is 34.8 Å². The quantitative estimate of drug-likeness (QED) is 0.585. The number of aliphatic hydroxyl groups excluding tert-OH is 1. The number of ether oxygens (including phenoxy) is 1. The minimum Gasteiger partial charge on any atom is -0.389 e. The Hall–Kier alpha value is -0.810. The summed E-state index contributed by atoms with van der Waals surface area (Å²) in [6.07, 6.45) is 0.0975. The molecule has 2 aromatic carbocycles. The molecule has 3 nitrogen and oxygen atoms in total. The Morgan fingerprint density at radius 3 is 2.40 bits per heavy atom. The van der Waals surface area contributed by atoms with Gasteiger partial charge in [-0.05, 0) is 55.3 Å². The lowest BCUT2D eigenvalue weighted by molar-refractivity contribution is -0.00192. The SMILES string of the molecule is C[C@@H](OC[C@H](O)CNCCc1ccc(Cl)cc1Cl)c1ccc(Cl)cc1. The molecule has 136 valence electrons. The summed E-state index contributed by atoms with van der Waals surface area (Å²) in [6, 6.07) is 13.0. The Morgan fingerprint density at radius 1 is 1.04 bits per heavy atom. The lowest BCUT2D eigenvalue weighted by atomic mass is 10.1. The van der Waals surface area contributed by atoms with Crippen LogP contribution in [0.2, 0.25) is 15.1 Å². The van der Waals surface area contributed by atoms with Crippen LogP contribution in [0.15, 0.2) is 42.5 Å². The number of hydrogen-bond acceptors (Lipinski definition) is 3. The molecule has 6 heteroatoms. The molecule has 0 saturated carbocycles. The van der Waals surface area contributed by atoms with E-state index in [1.807, 2.05) is 43.3 Å². The largest absolute Gasteiger partial charge is 0.389 e. The van der Waals surface area contributed by atoms with Crippen molar-refractivity contribution in [3.05, 3.63) is 68.7 Å². The molecule has 0 heterocycles. The van der Waals surface area contributed by atoms with Crippen LogP contribution in [0.25, 0.3) is 0 Å². The van der Waals surface area contributed by atoms with E-state index in [-0.39, 0.29) is 12.7 Å². The van der Waals surface area contributed by atoms with Crippen LogP contribution in [-0.4, -0.2) is 30.9 Å². The first kappa shape index (κ1) is 20.5. The highest BCUT2D eigenvalue weighted by Crippen LogP contribution is 2.21. The second kappa shape index (κ2) is 10.4. The molecule has 0 fully saturated rings. The molecule has 0 bridgehead atoms. The Balaban J connectivity index is 1.65. The Morgan fingerprint density at radius 2 is 1.72 bits per heavy atom. The molecule has 0 saturated heterocycles. The Bertz CT molecular complexity index is 664. The highest BCUT2D eigenvalue weighted by Gasteiger charge is 2.10. The maximum absolute atomic E-state index is 10.0. The molecule has 2 N–H and O–H groups in total. The number of aliphatic hydroxyl groups is 1. The summed E-state index contributed by atoms with van der Waals surface area (Å²) in [5.74, 6) is 0. The van der Waals surface area contributed by atoms with Crippen LogP contribution in [0.4, 0.5) is 0 Å². The topological polar surface area (TPSA) is 41.5 Å². The third kappa shape index (κ3) is 7.14. The molecular formula is C19H22Cl3NO2. The zero-order valence-electron chi connectivity index (χ0n) is 14.0. The van der Waals surface area contributed by atoms with Crippen LogP contribution < -0.4 is 5.32 Å². The summed E-state index contributed by atoms with van der Waals surface area (Å²) in [5, 5.41) is 15.2. The molecule has 0 amide bonds. The zero-order valence-corrected chi connectivity index (χ0v) is 16.3. The van der Waals surface area contributed by atoms with Crippen molar-refractivity contribution < 1.29 is 9.84 Å². The molecule has 0 unspecified atom stereocenters. The molecule has 2 rings (SSSR count). The van der Waals surface area contributed by atoms with Gasteiger partial charge in [-0.15, -0.1) is 0 Å². The monoisotopic (exact) mass is 401 g/mol. The molecule has 0 aliphatic rings.